The summed E-state index contributed by atoms with van der Waals surface area (Å²) < 4.78 is 6.25. The zero-order valence-corrected chi connectivity index (χ0v) is 18.1. The quantitative estimate of drug-likeness (QED) is 0.386. The number of fused-ring (bicyclic) bond motifs is 1. The predicted octanol–water partition coefficient (Wildman–Crippen LogP) is 5.35. The van der Waals surface area contributed by atoms with Gasteiger partial charge < -0.3 is 4.74 Å². The largest absolute Gasteiger partial charge is 0.456 e. The van der Waals surface area contributed by atoms with E-state index in [2.05, 4.69) is 35.5 Å². The second-order valence-electron chi connectivity index (χ2n) is 8.22. The number of para-hydroxylation sites is 1. The summed E-state index contributed by atoms with van der Waals surface area (Å²) in [7, 11) is 0. The molecule has 2 aromatic carbocycles. The fourth-order valence-corrected chi connectivity index (χ4v) is 4.66. The van der Waals surface area contributed by atoms with Gasteiger partial charge in [0, 0.05) is 23.7 Å². The highest BCUT2D eigenvalue weighted by molar-refractivity contribution is 5.83. The second kappa shape index (κ2) is 9.88. The first-order chi connectivity index (χ1) is 15.2. The number of likely N-dealkylation sites (N-methyl/N-ethyl adjacent to an activating group) is 1. The van der Waals surface area contributed by atoms with Crippen molar-refractivity contribution < 1.29 is 9.53 Å². The van der Waals surface area contributed by atoms with E-state index in [1.807, 2.05) is 60.8 Å². The first kappa shape index (κ1) is 21.3. The van der Waals surface area contributed by atoms with Crippen molar-refractivity contribution >= 4 is 16.9 Å². The van der Waals surface area contributed by atoms with Gasteiger partial charge in [-0.15, -0.1) is 6.58 Å². The molecule has 3 atom stereocenters. The van der Waals surface area contributed by atoms with Crippen LogP contribution in [0.2, 0.25) is 0 Å². The standard InChI is InChI=1S/C27H30N2O2/c1-3-20-14-15-25(29(4-2)19-20)27(31-26(30)18-21-10-6-5-7-11-21)23-16-17-28-24-13-9-8-12-22(23)24/h3,5-13,16-17,20,25,27H,1,4,14-15,18-19H2,2H3. The van der Waals surface area contributed by atoms with Crippen molar-refractivity contribution in [3.05, 3.63) is 90.6 Å². The molecule has 1 aromatic heterocycles. The molecule has 1 saturated heterocycles. The molecule has 3 aromatic rings. The minimum atomic E-state index is -0.338. The number of esters is 1. The smallest absolute Gasteiger partial charge is 0.310 e. The van der Waals surface area contributed by atoms with Crippen LogP contribution in [-0.2, 0) is 16.0 Å². The van der Waals surface area contributed by atoms with Crippen molar-refractivity contribution in [2.24, 2.45) is 5.92 Å². The van der Waals surface area contributed by atoms with Crippen LogP contribution in [0.4, 0.5) is 0 Å². The third kappa shape index (κ3) is 4.86. The number of rotatable bonds is 7. The number of nitrogens with zero attached hydrogens (tertiary/aromatic N) is 2. The van der Waals surface area contributed by atoms with Gasteiger partial charge in [0.2, 0.25) is 0 Å². The van der Waals surface area contributed by atoms with E-state index in [1.54, 1.807) is 0 Å². The summed E-state index contributed by atoms with van der Waals surface area (Å²) in [6.07, 6.45) is 5.83. The van der Waals surface area contributed by atoms with Crippen molar-refractivity contribution in [2.75, 3.05) is 13.1 Å². The highest BCUT2D eigenvalue weighted by atomic mass is 16.5. The van der Waals surface area contributed by atoms with Gasteiger partial charge in [-0.2, -0.15) is 0 Å². The number of aromatic nitrogens is 1. The Morgan fingerprint density at radius 2 is 1.94 bits per heavy atom. The maximum Gasteiger partial charge on any atom is 0.310 e. The van der Waals surface area contributed by atoms with Crippen LogP contribution in [0.3, 0.4) is 0 Å². The van der Waals surface area contributed by atoms with Crippen molar-refractivity contribution in [2.45, 2.75) is 38.3 Å². The van der Waals surface area contributed by atoms with Gasteiger partial charge in [-0.05, 0) is 43.0 Å². The summed E-state index contributed by atoms with van der Waals surface area (Å²) in [6, 6.07) is 20.0. The van der Waals surface area contributed by atoms with Crippen molar-refractivity contribution in [1.29, 1.82) is 0 Å². The lowest BCUT2D eigenvalue weighted by Crippen LogP contribution is -2.47. The lowest BCUT2D eigenvalue weighted by molar-refractivity contribution is -0.153. The summed E-state index contributed by atoms with van der Waals surface area (Å²) in [6.45, 7) is 8.02. The van der Waals surface area contributed by atoms with Crippen molar-refractivity contribution in [3.8, 4) is 0 Å². The Bertz CT molecular complexity index is 1030. The topological polar surface area (TPSA) is 42.4 Å². The molecule has 4 heteroatoms. The second-order valence-corrected chi connectivity index (χ2v) is 8.22. The molecule has 1 fully saturated rings. The van der Waals surface area contributed by atoms with Gasteiger partial charge in [-0.1, -0.05) is 61.5 Å². The Balaban J connectivity index is 1.68. The first-order valence-corrected chi connectivity index (χ1v) is 11.1. The predicted molar refractivity (Wildman–Crippen MR) is 125 cm³/mol. The number of carbonyl (C=O) groups excluding carboxylic acids is 1. The molecular formula is C27H30N2O2. The zero-order chi connectivity index (χ0) is 21.6. The molecule has 0 amide bonds. The summed E-state index contributed by atoms with van der Waals surface area (Å²) in [5.41, 5.74) is 2.92. The van der Waals surface area contributed by atoms with Crippen LogP contribution in [-0.4, -0.2) is 35.0 Å². The normalized spacial score (nSPS) is 20.3. The molecule has 0 saturated carbocycles. The Morgan fingerprint density at radius 3 is 2.71 bits per heavy atom. The summed E-state index contributed by atoms with van der Waals surface area (Å²) in [5, 5.41) is 1.05. The van der Waals surface area contributed by atoms with E-state index in [0.29, 0.717) is 5.92 Å². The van der Waals surface area contributed by atoms with Gasteiger partial charge in [-0.25, -0.2) is 0 Å². The maximum atomic E-state index is 13.0. The van der Waals surface area contributed by atoms with E-state index in [9.17, 15) is 4.79 Å². The number of benzene rings is 2. The van der Waals surface area contributed by atoms with Gasteiger partial charge in [0.15, 0.2) is 0 Å². The molecule has 4 rings (SSSR count). The fraction of sp³-hybridized carbons (Fsp3) is 0.333. The van der Waals surface area contributed by atoms with Crippen LogP contribution in [0.15, 0.2) is 79.5 Å². The molecule has 3 unspecified atom stereocenters. The molecule has 1 aliphatic rings. The molecule has 0 aliphatic carbocycles. The lowest BCUT2D eigenvalue weighted by Gasteiger charge is -2.42. The van der Waals surface area contributed by atoms with Gasteiger partial charge in [0.1, 0.15) is 6.10 Å². The Morgan fingerprint density at radius 1 is 1.16 bits per heavy atom. The van der Waals surface area contributed by atoms with E-state index < -0.39 is 0 Å². The van der Waals surface area contributed by atoms with Gasteiger partial charge >= 0.3 is 5.97 Å². The highest BCUT2D eigenvalue weighted by Crippen LogP contribution is 2.36. The summed E-state index contributed by atoms with van der Waals surface area (Å²) in [4.78, 5) is 20.0. The third-order valence-electron chi connectivity index (χ3n) is 6.30. The van der Waals surface area contributed by atoms with Gasteiger partial charge in [-0.3, -0.25) is 14.7 Å². The molecule has 1 aliphatic heterocycles. The first-order valence-electron chi connectivity index (χ1n) is 11.1. The van der Waals surface area contributed by atoms with E-state index in [4.69, 9.17) is 4.74 Å². The minimum Gasteiger partial charge on any atom is -0.456 e. The maximum absolute atomic E-state index is 13.0. The van der Waals surface area contributed by atoms with E-state index in [0.717, 1.165) is 48.0 Å². The molecule has 4 nitrogen and oxygen atoms in total. The van der Waals surface area contributed by atoms with Crippen LogP contribution in [0.5, 0.6) is 0 Å². The average molecular weight is 415 g/mol. The molecule has 31 heavy (non-hydrogen) atoms. The number of likely N-dealkylation sites (tertiary alicyclic amines) is 1. The number of hydrogen-bond donors (Lipinski definition) is 0. The van der Waals surface area contributed by atoms with Crippen LogP contribution in [0.1, 0.15) is 37.0 Å². The number of hydrogen-bond acceptors (Lipinski definition) is 4. The molecule has 0 spiro atoms. The lowest BCUT2D eigenvalue weighted by atomic mass is 9.86. The SMILES string of the molecule is C=CC1CCC(C(OC(=O)Cc2ccccc2)c2ccnc3ccccc23)N(CC)C1. The Hall–Kier alpha value is -2.98. The number of piperidine rings is 1. The monoisotopic (exact) mass is 414 g/mol. The molecule has 160 valence electrons. The van der Waals surface area contributed by atoms with Crippen molar-refractivity contribution in [1.82, 2.24) is 9.88 Å². The van der Waals surface area contributed by atoms with Gasteiger partial charge in [0.25, 0.3) is 0 Å². The zero-order valence-electron chi connectivity index (χ0n) is 18.1. The number of carbonyl (C=O) groups is 1. The average Bonchev–Trinajstić information content (AvgIpc) is 2.82. The molecular weight excluding hydrogens is 384 g/mol. The highest BCUT2D eigenvalue weighted by Gasteiger charge is 2.36. The van der Waals surface area contributed by atoms with E-state index >= 15 is 0 Å². The Labute approximate surface area is 184 Å². The summed E-state index contributed by atoms with van der Waals surface area (Å²) >= 11 is 0. The minimum absolute atomic E-state index is 0.131. The molecule has 0 N–H and O–H groups in total. The van der Waals surface area contributed by atoms with E-state index in [-0.39, 0.29) is 24.5 Å². The Kier molecular flexibility index (Phi) is 6.78. The van der Waals surface area contributed by atoms with Crippen LogP contribution in [0, 0.1) is 5.92 Å². The molecule has 2 heterocycles. The third-order valence-corrected chi connectivity index (χ3v) is 6.30. The molecule has 0 radical (unpaired) electrons. The number of ether oxygens (including phenoxy) is 1. The van der Waals surface area contributed by atoms with Crippen molar-refractivity contribution in [3.63, 3.8) is 0 Å². The van der Waals surface area contributed by atoms with Crippen LogP contribution < -0.4 is 0 Å². The molecule has 0 bridgehead atoms. The van der Waals surface area contributed by atoms with E-state index in [1.165, 1.54) is 0 Å². The summed E-state index contributed by atoms with van der Waals surface area (Å²) in [5.74, 6) is 0.282. The fourth-order valence-electron chi connectivity index (χ4n) is 4.66. The van der Waals surface area contributed by atoms with Crippen LogP contribution >= 0.6 is 0 Å². The number of pyridine rings is 1. The van der Waals surface area contributed by atoms with Gasteiger partial charge in [0.05, 0.1) is 18.0 Å². The van der Waals surface area contributed by atoms with Crippen LogP contribution in [0.25, 0.3) is 10.9 Å².